The average Bonchev–Trinajstić information content (AvgIpc) is 3.20. The Hall–Kier alpha value is -2.15. The summed E-state index contributed by atoms with van der Waals surface area (Å²) in [6.45, 7) is 3.84. The van der Waals surface area contributed by atoms with Crippen molar-refractivity contribution in [3.8, 4) is 11.5 Å². The summed E-state index contributed by atoms with van der Waals surface area (Å²) in [5, 5.41) is 13.3. The van der Waals surface area contributed by atoms with Crippen molar-refractivity contribution in [3.63, 3.8) is 0 Å². The number of carboxylic acid groups (broad SMARTS) is 1. The van der Waals surface area contributed by atoms with E-state index in [1.165, 1.54) is 4.90 Å². The van der Waals surface area contributed by atoms with Crippen LogP contribution in [0.2, 0.25) is 0 Å². The molecule has 1 aliphatic rings. The third-order valence-electron chi connectivity index (χ3n) is 4.38. The molecule has 3 rings (SSSR count). The van der Waals surface area contributed by atoms with Gasteiger partial charge in [0, 0.05) is 17.5 Å². The van der Waals surface area contributed by atoms with Gasteiger partial charge in [0.05, 0.1) is 12.1 Å². The molecule has 0 radical (unpaired) electrons. The van der Waals surface area contributed by atoms with Crippen molar-refractivity contribution in [1.82, 2.24) is 9.88 Å². The van der Waals surface area contributed by atoms with Gasteiger partial charge in [-0.25, -0.2) is 9.78 Å². The molecule has 2 aromatic heterocycles. The Labute approximate surface area is 137 Å². The van der Waals surface area contributed by atoms with Crippen LogP contribution in [-0.4, -0.2) is 39.0 Å². The minimum absolute atomic E-state index is 0.0579. The molecule has 0 saturated carbocycles. The van der Waals surface area contributed by atoms with E-state index in [0.717, 1.165) is 5.56 Å². The maximum absolute atomic E-state index is 12.6. The summed E-state index contributed by atoms with van der Waals surface area (Å²) < 4.78 is 5.63. The van der Waals surface area contributed by atoms with E-state index in [1.807, 2.05) is 16.8 Å². The van der Waals surface area contributed by atoms with Gasteiger partial charge in [-0.1, -0.05) is 0 Å². The van der Waals surface area contributed by atoms with Crippen molar-refractivity contribution in [3.05, 3.63) is 28.3 Å². The molecule has 7 heteroatoms. The van der Waals surface area contributed by atoms with E-state index in [9.17, 15) is 14.7 Å². The molecule has 1 amide bonds. The fourth-order valence-electron chi connectivity index (χ4n) is 2.93. The van der Waals surface area contributed by atoms with Crippen molar-refractivity contribution in [2.45, 2.75) is 38.6 Å². The topological polar surface area (TPSA) is 83.6 Å². The van der Waals surface area contributed by atoms with Gasteiger partial charge < -0.3 is 14.4 Å². The van der Waals surface area contributed by atoms with Crippen LogP contribution in [-0.2, 0) is 16.0 Å². The summed E-state index contributed by atoms with van der Waals surface area (Å²) in [6, 6.07) is 1.91. The van der Waals surface area contributed by atoms with Crippen LogP contribution < -0.4 is 0 Å². The van der Waals surface area contributed by atoms with Gasteiger partial charge in [0.2, 0.25) is 11.8 Å². The van der Waals surface area contributed by atoms with E-state index in [2.05, 4.69) is 4.98 Å². The molecule has 1 aliphatic heterocycles. The number of oxazole rings is 1. The van der Waals surface area contributed by atoms with Gasteiger partial charge in [0.15, 0.2) is 0 Å². The van der Waals surface area contributed by atoms with Gasteiger partial charge in [-0.3, -0.25) is 4.79 Å². The molecule has 23 heavy (non-hydrogen) atoms. The smallest absolute Gasteiger partial charge is 0.329 e. The van der Waals surface area contributed by atoms with Gasteiger partial charge in [-0.15, -0.1) is 0 Å². The molecule has 0 bridgehead atoms. The molecule has 122 valence electrons. The molecule has 6 nitrogen and oxygen atoms in total. The first kappa shape index (κ1) is 15.7. The number of rotatable bonds is 4. The number of aromatic nitrogens is 1. The number of nitrogens with zero attached hydrogens (tertiary/aromatic N) is 2. The van der Waals surface area contributed by atoms with Crippen molar-refractivity contribution < 1.29 is 19.1 Å². The fourth-order valence-corrected chi connectivity index (χ4v) is 3.56. The summed E-state index contributed by atoms with van der Waals surface area (Å²) in [4.78, 5) is 29.9. The molecule has 3 heterocycles. The summed E-state index contributed by atoms with van der Waals surface area (Å²) >= 11 is 1.55. The Bertz CT molecular complexity index is 737. The lowest BCUT2D eigenvalue weighted by Gasteiger charge is -2.31. The zero-order valence-electron chi connectivity index (χ0n) is 13.0. The minimum Gasteiger partial charge on any atom is -0.480 e. The van der Waals surface area contributed by atoms with Crippen molar-refractivity contribution >= 4 is 23.2 Å². The summed E-state index contributed by atoms with van der Waals surface area (Å²) in [6.07, 6.45) is 1.24. The van der Waals surface area contributed by atoms with Crippen LogP contribution in [0.3, 0.4) is 0 Å². The molecule has 2 aromatic rings. The van der Waals surface area contributed by atoms with Crippen molar-refractivity contribution in [2.75, 3.05) is 6.54 Å². The highest BCUT2D eigenvalue weighted by molar-refractivity contribution is 7.08. The van der Waals surface area contributed by atoms with Gasteiger partial charge in [0.1, 0.15) is 11.3 Å². The number of hydrogen-bond donors (Lipinski definition) is 1. The van der Waals surface area contributed by atoms with E-state index >= 15 is 0 Å². The van der Waals surface area contributed by atoms with E-state index in [1.54, 1.807) is 25.2 Å². The van der Waals surface area contributed by atoms with E-state index in [0.29, 0.717) is 36.7 Å². The monoisotopic (exact) mass is 334 g/mol. The first-order valence-electron chi connectivity index (χ1n) is 7.44. The zero-order chi connectivity index (χ0) is 16.6. The van der Waals surface area contributed by atoms with Gasteiger partial charge in [0.25, 0.3) is 0 Å². The zero-order valence-corrected chi connectivity index (χ0v) is 13.9. The normalized spacial score (nSPS) is 20.9. The SMILES string of the molecule is Cc1oc(-c2ccsc2)nc1CC(=O)N1CCCC1(C)C(=O)O. The number of aryl methyl sites for hydroxylation is 1. The number of likely N-dealkylation sites (tertiary alicyclic amines) is 1. The van der Waals surface area contributed by atoms with Gasteiger partial charge in [-0.05, 0) is 38.1 Å². The van der Waals surface area contributed by atoms with Crippen molar-refractivity contribution in [2.24, 2.45) is 0 Å². The van der Waals surface area contributed by atoms with Crippen LogP contribution in [0.15, 0.2) is 21.2 Å². The highest BCUT2D eigenvalue weighted by atomic mass is 32.1. The number of aliphatic carboxylic acids is 1. The lowest BCUT2D eigenvalue weighted by Crippen LogP contribution is -2.51. The fraction of sp³-hybridized carbons (Fsp3) is 0.438. The predicted molar refractivity (Wildman–Crippen MR) is 85.2 cm³/mol. The quantitative estimate of drug-likeness (QED) is 0.929. The summed E-state index contributed by atoms with van der Waals surface area (Å²) in [5.74, 6) is -0.0930. The summed E-state index contributed by atoms with van der Waals surface area (Å²) in [7, 11) is 0. The van der Waals surface area contributed by atoms with Crippen LogP contribution in [0.25, 0.3) is 11.5 Å². The van der Waals surface area contributed by atoms with E-state index in [4.69, 9.17) is 4.42 Å². The maximum atomic E-state index is 12.6. The Balaban J connectivity index is 1.80. The molecular formula is C16H18N2O4S. The van der Waals surface area contributed by atoms with Crippen LogP contribution >= 0.6 is 11.3 Å². The molecule has 1 N–H and O–H groups in total. The Morgan fingerprint density at radius 2 is 2.30 bits per heavy atom. The highest BCUT2D eigenvalue weighted by Crippen LogP contribution is 2.30. The highest BCUT2D eigenvalue weighted by Gasteiger charge is 2.45. The van der Waals surface area contributed by atoms with Gasteiger partial charge >= 0.3 is 5.97 Å². The Kier molecular flexibility index (Phi) is 3.97. The number of thiophene rings is 1. The third kappa shape index (κ3) is 2.76. The van der Waals surface area contributed by atoms with E-state index in [-0.39, 0.29) is 12.3 Å². The van der Waals surface area contributed by atoms with Crippen molar-refractivity contribution in [1.29, 1.82) is 0 Å². The van der Waals surface area contributed by atoms with Gasteiger partial charge in [-0.2, -0.15) is 11.3 Å². The molecule has 1 atom stereocenters. The molecule has 0 aliphatic carbocycles. The van der Waals surface area contributed by atoms with E-state index < -0.39 is 11.5 Å². The molecule has 1 saturated heterocycles. The molecule has 0 aromatic carbocycles. The van der Waals surface area contributed by atoms with Crippen LogP contribution in [0.5, 0.6) is 0 Å². The second-order valence-electron chi connectivity index (χ2n) is 5.94. The first-order chi connectivity index (χ1) is 10.9. The molecular weight excluding hydrogens is 316 g/mol. The Morgan fingerprint density at radius 3 is 2.96 bits per heavy atom. The summed E-state index contributed by atoms with van der Waals surface area (Å²) in [5.41, 5.74) is 0.328. The lowest BCUT2D eigenvalue weighted by atomic mass is 9.99. The Morgan fingerprint density at radius 1 is 1.52 bits per heavy atom. The first-order valence-corrected chi connectivity index (χ1v) is 8.39. The average molecular weight is 334 g/mol. The lowest BCUT2D eigenvalue weighted by molar-refractivity contribution is -0.155. The number of hydrogen-bond acceptors (Lipinski definition) is 5. The third-order valence-corrected chi connectivity index (χ3v) is 5.07. The largest absolute Gasteiger partial charge is 0.480 e. The van der Waals surface area contributed by atoms with Crippen LogP contribution in [0.1, 0.15) is 31.2 Å². The molecule has 1 fully saturated rings. The molecule has 1 unspecified atom stereocenters. The van der Waals surface area contributed by atoms with Crippen LogP contribution in [0.4, 0.5) is 0 Å². The number of carboxylic acids is 1. The predicted octanol–water partition coefficient (Wildman–Crippen LogP) is 2.72. The molecule has 0 spiro atoms. The maximum Gasteiger partial charge on any atom is 0.329 e. The second kappa shape index (κ2) is 5.81. The number of carbonyl (C=O) groups excluding carboxylic acids is 1. The minimum atomic E-state index is -1.12. The number of carbonyl (C=O) groups is 2. The second-order valence-corrected chi connectivity index (χ2v) is 6.72. The number of amides is 1. The van der Waals surface area contributed by atoms with Crippen LogP contribution in [0, 0.1) is 6.92 Å². The standard InChI is InChI=1S/C16H18N2O4S/c1-10-12(17-14(22-10)11-4-7-23-9-11)8-13(19)18-6-3-5-16(18,2)15(20)21/h4,7,9H,3,5-6,8H2,1-2H3,(H,20,21).